The highest BCUT2D eigenvalue weighted by atomic mass is 35.5. The van der Waals surface area contributed by atoms with Crippen LogP contribution in [0.3, 0.4) is 0 Å². The van der Waals surface area contributed by atoms with Gasteiger partial charge in [0.1, 0.15) is 24.2 Å². The van der Waals surface area contributed by atoms with Gasteiger partial charge in [-0.2, -0.15) is 4.80 Å². The number of carbonyl (C=O) groups is 2. The molecule has 202 valence electrons. The molecule has 2 unspecified atom stereocenters. The van der Waals surface area contributed by atoms with Crippen molar-refractivity contribution in [1.82, 2.24) is 25.5 Å². The second kappa shape index (κ2) is 12.4. The van der Waals surface area contributed by atoms with Gasteiger partial charge in [-0.3, -0.25) is 14.5 Å². The second-order valence-corrected chi connectivity index (χ2v) is 9.95. The molecule has 0 radical (unpaired) electrons. The molecule has 1 aliphatic heterocycles. The Balaban J connectivity index is 1.61. The maximum Gasteiger partial charge on any atom is 0.251 e. The predicted octanol–water partition coefficient (Wildman–Crippen LogP) is 4.01. The third kappa shape index (κ3) is 6.90. The van der Waals surface area contributed by atoms with Gasteiger partial charge in [0.25, 0.3) is 5.91 Å². The van der Waals surface area contributed by atoms with Crippen molar-refractivity contribution in [3.05, 3.63) is 59.1 Å². The number of halogens is 3. The van der Waals surface area contributed by atoms with Crippen LogP contribution in [0, 0.1) is 17.6 Å². The van der Waals surface area contributed by atoms with Crippen molar-refractivity contribution in [1.29, 1.82) is 0 Å². The van der Waals surface area contributed by atoms with Crippen molar-refractivity contribution < 1.29 is 23.1 Å². The smallest absolute Gasteiger partial charge is 0.251 e. The molecule has 9 nitrogen and oxygen atoms in total. The molecule has 2 amide bonds. The number of aromatic nitrogens is 4. The highest BCUT2D eigenvalue weighted by molar-refractivity contribution is 6.31. The molecule has 2 atom stereocenters. The lowest BCUT2D eigenvalue weighted by Crippen LogP contribution is -2.52. The molecule has 3 aromatic rings. The molecule has 12 heteroatoms. The maximum atomic E-state index is 14.0. The van der Waals surface area contributed by atoms with E-state index in [0.717, 1.165) is 23.7 Å². The number of rotatable bonds is 10. The van der Waals surface area contributed by atoms with E-state index in [1.807, 2.05) is 13.8 Å². The number of hydrogen-bond donors (Lipinski definition) is 1. The van der Waals surface area contributed by atoms with Crippen LogP contribution in [0.4, 0.5) is 14.5 Å². The summed E-state index contributed by atoms with van der Waals surface area (Å²) in [5.74, 6) is -1.67. The molecule has 2 heterocycles. The van der Waals surface area contributed by atoms with Gasteiger partial charge in [-0.1, -0.05) is 25.4 Å². The molecule has 0 bridgehead atoms. The number of hydrogen-bond acceptors (Lipinski definition) is 6. The summed E-state index contributed by atoms with van der Waals surface area (Å²) in [6.07, 6.45) is 2.04. The second-order valence-electron chi connectivity index (χ2n) is 9.54. The Morgan fingerprint density at radius 1 is 1.21 bits per heavy atom. The van der Waals surface area contributed by atoms with Gasteiger partial charge in [0.2, 0.25) is 11.7 Å². The fraction of sp³-hybridized carbons (Fsp3) is 0.423. The zero-order valence-corrected chi connectivity index (χ0v) is 21.9. The van der Waals surface area contributed by atoms with Crippen LogP contribution in [0.5, 0.6) is 0 Å². The van der Waals surface area contributed by atoms with E-state index >= 15 is 0 Å². The first-order chi connectivity index (χ1) is 18.2. The third-order valence-electron chi connectivity index (χ3n) is 6.12. The van der Waals surface area contributed by atoms with Gasteiger partial charge in [0, 0.05) is 24.4 Å². The van der Waals surface area contributed by atoms with E-state index in [1.165, 1.54) is 41.3 Å². The van der Waals surface area contributed by atoms with Crippen LogP contribution in [0.2, 0.25) is 5.02 Å². The highest BCUT2D eigenvalue weighted by Crippen LogP contribution is 2.27. The number of benzene rings is 2. The molecule has 1 aromatic heterocycles. The number of anilines is 1. The average Bonchev–Trinajstić information content (AvgIpc) is 3.57. The summed E-state index contributed by atoms with van der Waals surface area (Å²) in [5, 5.41) is 14.9. The molecule has 1 N–H and O–H groups in total. The first-order valence-corrected chi connectivity index (χ1v) is 12.8. The normalized spacial score (nSPS) is 16.0. The summed E-state index contributed by atoms with van der Waals surface area (Å²) >= 11 is 6.05. The minimum atomic E-state index is -0.912. The molecular formula is C26H29ClF2N6O3. The molecule has 1 saturated heterocycles. The van der Waals surface area contributed by atoms with E-state index in [-0.39, 0.29) is 41.0 Å². The number of carbonyl (C=O) groups excluding carboxylic acids is 2. The van der Waals surface area contributed by atoms with Crippen molar-refractivity contribution >= 4 is 29.1 Å². The first kappa shape index (κ1) is 27.6. The van der Waals surface area contributed by atoms with Crippen LogP contribution in [0.15, 0.2) is 42.5 Å². The van der Waals surface area contributed by atoms with Crippen molar-refractivity contribution in [2.45, 2.75) is 51.8 Å². The molecule has 4 rings (SSSR count). The van der Waals surface area contributed by atoms with Gasteiger partial charge in [0.05, 0.1) is 11.1 Å². The number of nitrogens with one attached hydrogen (secondary N) is 1. The molecular weight excluding hydrogens is 518 g/mol. The van der Waals surface area contributed by atoms with E-state index in [2.05, 4.69) is 20.7 Å². The van der Waals surface area contributed by atoms with Crippen molar-refractivity contribution in [2.24, 2.45) is 5.92 Å². The zero-order chi connectivity index (χ0) is 27.2. The Morgan fingerprint density at radius 2 is 1.97 bits per heavy atom. The first-order valence-electron chi connectivity index (χ1n) is 12.4. The Bertz CT molecular complexity index is 1260. The molecule has 2 aromatic carbocycles. The highest BCUT2D eigenvalue weighted by Gasteiger charge is 2.33. The van der Waals surface area contributed by atoms with Gasteiger partial charge < -0.3 is 10.1 Å². The Kier molecular flexibility index (Phi) is 9.01. The standard InChI is InChI=1S/C26H29ClF2N6O3/c1-16(2)12-23(26(37)30-14-20-4-3-11-38-20)35(19-9-10-22(29)21(27)13-19)24(36)15-34-32-25(31-33-34)17-5-7-18(28)8-6-17/h5-10,13,16,20,23H,3-4,11-12,14-15H2,1-2H3,(H,30,37). The summed E-state index contributed by atoms with van der Waals surface area (Å²) in [6.45, 7) is 4.50. The molecule has 1 fully saturated rings. The van der Waals surface area contributed by atoms with Crippen LogP contribution in [0.1, 0.15) is 33.1 Å². The molecule has 0 spiro atoms. The minimum absolute atomic E-state index is 0.0503. The van der Waals surface area contributed by atoms with Gasteiger partial charge in [-0.25, -0.2) is 8.78 Å². The Hall–Kier alpha value is -3.44. The van der Waals surface area contributed by atoms with Gasteiger partial charge in [-0.05, 0) is 72.9 Å². The van der Waals surface area contributed by atoms with E-state index in [4.69, 9.17) is 16.3 Å². The molecule has 0 saturated carbocycles. The number of tetrazole rings is 1. The van der Waals surface area contributed by atoms with Crippen LogP contribution in [0.25, 0.3) is 11.4 Å². The summed E-state index contributed by atoms with van der Waals surface area (Å²) in [5.41, 5.74) is 0.789. The van der Waals surface area contributed by atoms with Crippen LogP contribution < -0.4 is 10.2 Å². The number of amides is 2. The zero-order valence-electron chi connectivity index (χ0n) is 21.1. The predicted molar refractivity (Wildman–Crippen MR) is 137 cm³/mol. The molecule has 1 aliphatic rings. The lowest BCUT2D eigenvalue weighted by molar-refractivity contribution is -0.127. The van der Waals surface area contributed by atoms with Crippen molar-refractivity contribution in [3.63, 3.8) is 0 Å². The summed E-state index contributed by atoms with van der Waals surface area (Å²) in [4.78, 5) is 29.5. The average molecular weight is 547 g/mol. The van der Waals surface area contributed by atoms with E-state index in [9.17, 15) is 18.4 Å². The fourth-order valence-electron chi connectivity index (χ4n) is 4.27. The lowest BCUT2D eigenvalue weighted by atomic mass is 10.00. The minimum Gasteiger partial charge on any atom is -0.376 e. The Morgan fingerprint density at radius 3 is 2.63 bits per heavy atom. The molecule has 0 aliphatic carbocycles. The Labute approximate surface area is 224 Å². The maximum absolute atomic E-state index is 14.0. The third-order valence-corrected chi connectivity index (χ3v) is 6.41. The van der Waals surface area contributed by atoms with Crippen LogP contribution in [-0.2, 0) is 20.9 Å². The summed E-state index contributed by atoms with van der Waals surface area (Å²) in [6, 6.07) is 8.50. The topological polar surface area (TPSA) is 102 Å². The van der Waals surface area contributed by atoms with E-state index in [0.29, 0.717) is 25.1 Å². The van der Waals surface area contributed by atoms with Gasteiger partial charge >= 0.3 is 0 Å². The van der Waals surface area contributed by atoms with Gasteiger partial charge in [-0.15, -0.1) is 10.2 Å². The monoisotopic (exact) mass is 546 g/mol. The van der Waals surface area contributed by atoms with Gasteiger partial charge in [0.15, 0.2) is 0 Å². The van der Waals surface area contributed by atoms with Crippen LogP contribution in [-0.4, -0.2) is 57.3 Å². The van der Waals surface area contributed by atoms with Crippen LogP contribution >= 0.6 is 11.6 Å². The quantitative estimate of drug-likeness (QED) is 0.412. The van der Waals surface area contributed by atoms with E-state index < -0.39 is 23.6 Å². The SMILES string of the molecule is CC(C)CC(C(=O)NCC1CCCO1)N(C(=O)Cn1nnc(-c2ccc(F)cc2)n1)c1ccc(F)c(Cl)c1. The molecule has 38 heavy (non-hydrogen) atoms. The van der Waals surface area contributed by atoms with Crippen molar-refractivity contribution in [3.8, 4) is 11.4 Å². The lowest BCUT2D eigenvalue weighted by Gasteiger charge is -2.32. The summed E-state index contributed by atoms with van der Waals surface area (Å²) < 4.78 is 32.9. The largest absolute Gasteiger partial charge is 0.376 e. The number of nitrogens with zero attached hydrogens (tertiary/aromatic N) is 5. The van der Waals surface area contributed by atoms with E-state index in [1.54, 1.807) is 0 Å². The summed E-state index contributed by atoms with van der Waals surface area (Å²) in [7, 11) is 0. The number of ether oxygens (including phenoxy) is 1. The van der Waals surface area contributed by atoms with Crippen molar-refractivity contribution in [2.75, 3.05) is 18.1 Å². The fourth-order valence-corrected chi connectivity index (χ4v) is 4.44.